The smallest absolute Gasteiger partial charge is 0.228 e. The van der Waals surface area contributed by atoms with E-state index in [9.17, 15) is 9.18 Å². The number of hydrogen-bond acceptors (Lipinski definition) is 7. The molecule has 9 nitrogen and oxygen atoms in total. The summed E-state index contributed by atoms with van der Waals surface area (Å²) in [7, 11) is 0. The fraction of sp³-hybridized carbons (Fsp3) is 0.444. The number of anilines is 1. The van der Waals surface area contributed by atoms with Crippen molar-refractivity contribution in [1.29, 1.82) is 0 Å². The van der Waals surface area contributed by atoms with Gasteiger partial charge in [0, 0.05) is 48.4 Å². The Balaban J connectivity index is 1.24. The molecule has 2 aliphatic rings. The predicted octanol–water partition coefficient (Wildman–Crippen LogP) is 4.87. The topological polar surface area (TPSA) is 98.1 Å². The minimum Gasteiger partial charge on any atom is -0.372 e. The van der Waals surface area contributed by atoms with E-state index in [1.54, 1.807) is 23.1 Å². The molecule has 1 amide bonds. The zero-order valence-electron chi connectivity index (χ0n) is 21.5. The van der Waals surface area contributed by atoms with E-state index in [4.69, 9.17) is 9.72 Å². The van der Waals surface area contributed by atoms with Crippen molar-refractivity contribution >= 4 is 49.7 Å². The van der Waals surface area contributed by atoms with Gasteiger partial charge in [0.05, 0.1) is 23.3 Å². The van der Waals surface area contributed by atoms with E-state index in [2.05, 4.69) is 43.2 Å². The molecule has 6 rings (SSSR count). The fourth-order valence-corrected chi connectivity index (χ4v) is 6.28. The molecule has 4 heterocycles. The number of benzene rings is 1. The summed E-state index contributed by atoms with van der Waals surface area (Å²) in [6.07, 6.45) is 5.67. The number of morpholine rings is 1. The Morgan fingerprint density at radius 3 is 2.82 bits per heavy atom. The third kappa shape index (κ3) is 4.51. The number of fused-ring (bicyclic) bond motifs is 2. The van der Waals surface area contributed by atoms with Gasteiger partial charge in [-0.15, -0.1) is 0 Å². The van der Waals surface area contributed by atoms with Gasteiger partial charge in [-0.25, -0.2) is 14.1 Å². The highest BCUT2D eigenvalue weighted by Gasteiger charge is 2.44. The quantitative estimate of drug-likeness (QED) is 0.367. The molecule has 1 aromatic carbocycles. The maximum Gasteiger partial charge on any atom is 0.228 e. The van der Waals surface area contributed by atoms with Gasteiger partial charge in [-0.3, -0.25) is 9.78 Å². The van der Waals surface area contributed by atoms with E-state index in [1.807, 2.05) is 30.9 Å². The van der Waals surface area contributed by atoms with Crippen LogP contribution < -0.4 is 5.32 Å². The lowest BCUT2D eigenvalue weighted by Gasteiger charge is -2.39. The molecule has 4 aromatic rings. The largest absolute Gasteiger partial charge is 0.372 e. The first-order valence-electron chi connectivity index (χ1n) is 12.9. The van der Waals surface area contributed by atoms with Gasteiger partial charge in [-0.2, -0.15) is 10.1 Å². The van der Waals surface area contributed by atoms with Crippen LogP contribution >= 0.6 is 15.9 Å². The molecule has 0 spiro atoms. The first-order valence-corrected chi connectivity index (χ1v) is 13.7. The van der Waals surface area contributed by atoms with Crippen molar-refractivity contribution in [2.45, 2.75) is 58.3 Å². The van der Waals surface area contributed by atoms with Crippen LogP contribution in [0, 0.1) is 11.2 Å². The lowest BCUT2D eigenvalue weighted by molar-refractivity contribution is -0.152. The minimum absolute atomic E-state index is 0.0401. The van der Waals surface area contributed by atoms with Crippen molar-refractivity contribution in [3.8, 4) is 5.69 Å². The number of nitrogens with one attached hydrogen (secondary N) is 1. The van der Waals surface area contributed by atoms with Crippen LogP contribution in [0.25, 0.3) is 27.6 Å². The fourth-order valence-electron chi connectivity index (χ4n) is 5.84. The van der Waals surface area contributed by atoms with Gasteiger partial charge < -0.3 is 15.0 Å². The van der Waals surface area contributed by atoms with Crippen molar-refractivity contribution in [3.05, 3.63) is 47.1 Å². The Morgan fingerprint density at radius 1 is 1.24 bits per heavy atom. The number of ether oxygens (including phenoxy) is 1. The van der Waals surface area contributed by atoms with Crippen LogP contribution in [-0.2, 0) is 9.53 Å². The number of pyridine rings is 1. The van der Waals surface area contributed by atoms with Crippen LogP contribution in [0.15, 0.2) is 41.3 Å². The molecule has 4 atom stereocenters. The number of aromatic nitrogens is 5. The molecule has 198 valence electrons. The van der Waals surface area contributed by atoms with Crippen molar-refractivity contribution < 1.29 is 13.9 Å². The van der Waals surface area contributed by atoms with E-state index in [0.717, 1.165) is 12.8 Å². The summed E-state index contributed by atoms with van der Waals surface area (Å²) >= 11 is 3.48. The van der Waals surface area contributed by atoms with E-state index in [0.29, 0.717) is 57.7 Å². The summed E-state index contributed by atoms with van der Waals surface area (Å²) < 4.78 is 22.8. The third-order valence-electron chi connectivity index (χ3n) is 7.56. The summed E-state index contributed by atoms with van der Waals surface area (Å²) in [5, 5.41) is 9.37. The van der Waals surface area contributed by atoms with Gasteiger partial charge in [0.2, 0.25) is 11.9 Å². The SMILES string of the molecule is C[C@@H]1CN(C(=O)C2(C)CC[C@@H](Nc3ncc4c(Br)nn(-c5cc(F)c6ncccc6c5)c4n3)C2)C[C@@H](C)O1. The van der Waals surface area contributed by atoms with Crippen LogP contribution in [0.1, 0.15) is 40.0 Å². The molecular formula is C27H29BrFN7O2. The Kier molecular flexibility index (Phi) is 6.30. The number of halogens is 2. The second-order valence-electron chi connectivity index (χ2n) is 10.7. The molecule has 1 aliphatic carbocycles. The van der Waals surface area contributed by atoms with Crippen molar-refractivity contribution in [2.24, 2.45) is 5.41 Å². The summed E-state index contributed by atoms with van der Waals surface area (Å²) in [6.45, 7) is 7.33. The highest BCUT2D eigenvalue weighted by Crippen LogP contribution is 2.41. The summed E-state index contributed by atoms with van der Waals surface area (Å²) in [5.74, 6) is 0.212. The second-order valence-corrected chi connectivity index (χ2v) is 11.5. The normalized spacial score (nSPS) is 25.8. The number of carbonyl (C=O) groups is 1. The Hall–Kier alpha value is -3.18. The van der Waals surface area contributed by atoms with Gasteiger partial charge in [-0.05, 0) is 61.2 Å². The molecule has 0 radical (unpaired) electrons. The Morgan fingerprint density at radius 2 is 2.03 bits per heavy atom. The van der Waals surface area contributed by atoms with Gasteiger partial charge in [-0.1, -0.05) is 13.0 Å². The zero-order chi connectivity index (χ0) is 26.6. The van der Waals surface area contributed by atoms with Crippen molar-refractivity contribution in [1.82, 2.24) is 29.6 Å². The van der Waals surface area contributed by atoms with Crippen LogP contribution in [0.2, 0.25) is 0 Å². The van der Waals surface area contributed by atoms with Gasteiger partial charge in [0.25, 0.3) is 0 Å². The molecule has 11 heteroatoms. The molecule has 1 saturated carbocycles. The van der Waals surface area contributed by atoms with Gasteiger partial charge in [0.15, 0.2) is 11.5 Å². The van der Waals surface area contributed by atoms with E-state index >= 15 is 0 Å². The lowest BCUT2D eigenvalue weighted by Crippen LogP contribution is -2.52. The standard InChI is InChI=1S/C27H29BrFN7O2/c1-15-13-35(14-16(2)38-15)25(37)27(3)7-6-18(11-27)32-26-31-12-20-23(28)34-36(24(20)33-26)19-9-17-5-4-8-30-22(17)21(29)10-19/h4-5,8-10,12,15-16,18H,6-7,11,13-14H2,1-3H3,(H,31,32,33)/t15-,16-,18-,27?/m1/s1. The second kappa shape index (κ2) is 9.53. The number of rotatable bonds is 4. The number of carbonyl (C=O) groups excluding carboxylic acids is 1. The molecule has 1 N–H and O–H groups in total. The maximum absolute atomic E-state index is 14.8. The van der Waals surface area contributed by atoms with Crippen molar-refractivity contribution in [3.63, 3.8) is 0 Å². The first-order chi connectivity index (χ1) is 18.2. The molecule has 1 saturated heterocycles. The summed E-state index contributed by atoms with van der Waals surface area (Å²) in [4.78, 5) is 28.8. The Bertz CT molecular complexity index is 1530. The van der Waals surface area contributed by atoms with Crippen LogP contribution in [-0.4, -0.2) is 66.9 Å². The Labute approximate surface area is 227 Å². The molecular weight excluding hydrogens is 553 g/mol. The molecule has 2 fully saturated rings. The zero-order valence-corrected chi connectivity index (χ0v) is 23.1. The summed E-state index contributed by atoms with van der Waals surface area (Å²) in [6, 6.07) is 6.88. The number of nitrogens with zero attached hydrogens (tertiary/aromatic N) is 6. The van der Waals surface area contributed by atoms with Crippen LogP contribution in [0.5, 0.6) is 0 Å². The average molecular weight is 582 g/mol. The average Bonchev–Trinajstić information content (AvgIpc) is 3.43. The molecule has 1 unspecified atom stereocenters. The first kappa shape index (κ1) is 25.1. The molecule has 1 aliphatic heterocycles. The number of amides is 1. The monoisotopic (exact) mass is 581 g/mol. The van der Waals surface area contributed by atoms with Crippen LogP contribution in [0.3, 0.4) is 0 Å². The molecule has 3 aromatic heterocycles. The van der Waals surface area contributed by atoms with E-state index in [-0.39, 0.29) is 24.2 Å². The highest BCUT2D eigenvalue weighted by molar-refractivity contribution is 9.10. The van der Waals surface area contributed by atoms with E-state index in [1.165, 1.54) is 6.07 Å². The predicted molar refractivity (Wildman–Crippen MR) is 146 cm³/mol. The minimum atomic E-state index is -0.444. The molecule has 0 bridgehead atoms. The van der Waals surface area contributed by atoms with E-state index < -0.39 is 11.2 Å². The van der Waals surface area contributed by atoms with Gasteiger partial charge >= 0.3 is 0 Å². The maximum atomic E-state index is 14.8. The highest BCUT2D eigenvalue weighted by atomic mass is 79.9. The third-order valence-corrected chi connectivity index (χ3v) is 8.15. The summed E-state index contributed by atoms with van der Waals surface area (Å²) in [5.41, 5.74) is 0.949. The lowest BCUT2D eigenvalue weighted by atomic mass is 9.86. The van der Waals surface area contributed by atoms with Crippen molar-refractivity contribution in [2.75, 3.05) is 18.4 Å². The molecule has 38 heavy (non-hydrogen) atoms. The number of hydrogen-bond donors (Lipinski definition) is 1. The van der Waals surface area contributed by atoms with Crippen LogP contribution in [0.4, 0.5) is 10.3 Å². The van der Waals surface area contributed by atoms with Gasteiger partial charge in [0.1, 0.15) is 10.1 Å².